The van der Waals surface area contributed by atoms with Crippen LogP contribution in [0.15, 0.2) is 60.8 Å². The minimum atomic E-state index is -0.917. The Kier molecular flexibility index (Phi) is 5.76. The van der Waals surface area contributed by atoms with Crippen LogP contribution >= 0.6 is 0 Å². The molecule has 6 nitrogen and oxygen atoms in total. The molecule has 1 aromatic heterocycles. The lowest BCUT2D eigenvalue weighted by atomic mass is 10.1. The van der Waals surface area contributed by atoms with Crippen molar-refractivity contribution in [3.63, 3.8) is 0 Å². The number of benzene rings is 2. The third kappa shape index (κ3) is 4.67. The first-order valence-electron chi connectivity index (χ1n) is 8.96. The summed E-state index contributed by atoms with van der Waals surface area (Å²) < 4.78 is 0. The summed E-state index contributed by atoms with van der Waals surface area (Å²) >= 11 is 0. The smallest absolute Gasteiger partial charge is 0.407 e. The Morgan fingerprint density at radius 2 is 1.89 bits per heavy atom. The molecule has 27 heavy (non-hydrogen) atoms. The predicted molar refractivity (Wildman–Crippen MR) is 109 cm³/mol. The van der Waals surface area contributed by atoms with E-state index in [0.29, 0.717) is 25.2 Å². The van der Waals surface area contributed by atoms with Crippen LogP contribution in [0, 0.1) is 0 Å². The number of aromatic nitrogens is 1. The molecule has 140 valence electrons. The SMILES string of the molecule is C[C@H](CCN(Cc1ccccc1)C(=O)O)Nc1c(N)cnc2ccccc12. The van der Waals surface area contributed by atoms with Gasteiger partial charge in [0.1, 0.15) is 0 Å². The van der Waals surface area contributed by atoms with E-state index in [1.807, 2.05) is 61.5 Å². The van der Waals surface area contributed by atoms with E-state index in [2.05, 4.69) is 10.3 Å². The molecule has 0 aliphatic carbocycles. The Hall–Kier alpha value is -3.28. The maximum Gasteiger partial charge on any atom is 0.407 e. The first-order valence-corrected chi connectivity index (χ1v) is 8.96. The summed E-state index contributed by atoms with van der Waals surface area (Å²) in [6, 6.07) is 17.5. The van der Waals surface area contributed by atoms with Crippen LogP contribution in [0.3, 0.4) is 0 Å². The van der Waals surface area contributed by atoms with Gasteiger partial charge in [0.15, 0.2) is 0 Å². The van der Waals surface area contributed by atoms with Crippen molar-refractivity contribution in [1.29, 1.82) is 0 Å². The zero-order valence-corrected chi connectivity index (χ0v) is 15.3. The molecule has 3 rings (SSSR count). The number of fused-ring (bicyclic) bond motifs is 1. The molecule has 0 radical (unpaired) electrons. The predicted octanol–water partition coefficient (Wildman–Crippen LogP) is 4.19. The Balaban J connectivity index is 1.66. The molecule has 4 N–H and O–H groups in total. The van der Waals surface area contributed by atoms with Gasteiger partial charge >= 0.3 is 6.09 Å². The molecule has 2 aromatic carbocycles. The normalized spacial score (nSPS) is 11.9. The van der Waals surface area contributed by atoms with Crippen LogP contribution < -0.4 is 11.1 Å². The summed E-state index contributed by atoms with van der Waals surface area (Å²) in [5, 5.41) is 13.9. The Bertz CT molecular complexity index is 914. The Morgan fingerprint density at radius 1 is 1.19 bits per heavy atom. The van der Waals surface area contributed by atoms with Crippen LogP contribution in [-0.2, 0) is 6.54 Å². The summed E-state index contributed by atoms with van der Waals surface area (Å²) in [5.74, 6) is 0. The van der Waals surface area contributed by atoms with Crippen molar-refractivity contribution in [1.82, 2.24) is 9.88 Å². The molecule has 3 aromatic rings. The molecular formula is C21H24N4O2. The van der Waals surface area contributed by atoms with E-state index in [4.69, 9.17) is 5.73 Å². The number of nitrogens with two attached hydrogens (primary N) is 1. The molecule has 0 bridgehead atoms. The van der Waals surface area contributed by atoms with Crippen LogP contribution in [0.2, 0.25) is 0 Å². The van der Waals surface area contributed by atoms with Crippen LogP contribution in [0.5, 0.6) is 0 Å². The van der Waals surface area contributed by atoms with E-state index in [9.17, 15) is 9.90 Å². The van der Waals surface area contributed by atoms with Gasteiger partial charge in [-0.1, -0.05) is 48.5 Å². The van der Waals surface area contributed by atoms with Crippen molar-refractivity contribution in [2.75, 3.05) is 17.6 Å². The van der Waals surface area contributed by atoms with Crippen LogP contribution in [0.1, 0.15) is 18.9 Å². The topological polar surface area (TPSA) is 91.5 Å². The van der Waals surface area contributed by atoms with Crippen molar-refractivity contribution >= 4 is 28.4 Å². The highest BCUT2D eigenvalue weighted by atomic mass is 16.4. The number of nitrogens with zero attached hydrogens (tertiary/aromatic N) is 2. The molecule has 1 heterocycles. The summed E-state index contributed by atoms with van der Waals surface area (Å²) in [6.45, 7) is 2.84. The van der Waals surface area contributed by atoms with Gasteiger partial charge in [-0.05, 0) is 25.0 Å². The van der Waals surface area contributed by atoms with Crippen LogP contribution in [-0.4, -0.2) is 33.7 Å². The molecular weight excluding hydrogens is 340 g/mol. The highest BCUT2D eigenvalue weighted by Crippen LogP contribution is 2.28. The minimum absolute atomic E-state index is 0.0516. The number of para-hydroxylation sites is 1. The molecule has 0 fully saturated rings. The zero-order chi connectivity index (χ0) is 19.2. The second-order valence-electron chi connectivity index (χ2n) is 6.63. The largest absolute Gasteiger partial charge is 0.465 e. The molecule has 0 aliphatic heterocycles. The van der Waals surface area contributed by atoms with Gasteiger partial charge in [0.05, 0.1) is 23.1 Å². The second kappa shape index (κ2) is 8.40. The van der Waals surface area contributed by atoms with Crippen molar-refractivity contribution < 1.29 is 9.90 Å². The first kappa shape index (κ1) is 18.5. The maximum atomic E-state index is 11.6. The molecule has 0 aliphatic rings. The molecule has 0 unspecified atom stereocenters. The number of hydrogen-bond acceptors (Lipinski definition) is 4. The standard InChI is InChI=1S/C21H24N4O2/c1-15(11-12-25(21(26)27)14-16-7-3-2-4-8-16)24-20-17-9-5-6-10-19(17)23-13-18(20)22/h2-10,13,15H,11-12,14,22H2,1H3,(H,23,24)(H,26,27)/t15-/m1/s1. The average molecular weight is 364 g/mol. The summed E-state index contributed by atoms with van der Waals surface area (Å²) in [6.07, 6.45) is 1.39. The maximum absolute atomic E-state index is 11.6. The number of pyridine rings is 1. The fraction of sp³-hybridized carbons (Fsp3) is 0.238. The molecule has 6 heteroatoms. The van der Waals surface area contributed by atoms with Gasteiger partial charge in [-0.3, -0.25) is 4.98 Å². The third-order valence-corrected chi connectivity index (χ3v) is 4.51. The number of carboxylic acid groups (broad SMARTS) is 1. The van der Waals surface area contributed by atoms with E-state index in [1.165, 1.54) is 4.90 Å². The summed E-state index contributed by atoms with van der Waals surface area (Å²) in [7, 11) is 0. The van der Waals surface area contributed by atoms with E-state index in [1.54, 1.807) is 6.20 Å². The molecule has 0 spiro atoms. The lowest BCUT2D eigenvalue weighted by Gasteiger charge is -2.23. The summed E-state index contributed by atoms with van der Waals surface area (Å²) in [4.78, 5) is 17.4. The minimum Gasteiger partial charge on any atom is -0.465 e. The van der Waals surface area contributed by atoms with Gasteiger partial charge in [0.2, 0.25) is 0 Å². The monoisotopic (exact) mass is 364 g/mol. The van der Waals surface area contributed by atoms with E-state index in [0.717, 1.165) is 22.2 Å². The number of anilines is 2. The molecule has 0 saturated heterocycles. The lowest BCUT2D eigenvalue weighted by Crippen LogP contribution is -2.32. The van der Waals surface area contributed by atoms with Gasteiger partial charge in [0, 0.05) is 24.5 Å². The van der Waals surface area contributed by atoms with Crippen LogP contribution in [0.4, 0.5) is 16.2 Å². The first-order chi connectivity index (χ1) is 13.0. The molecule has 1 atom stereocenters. The van der Waals surface area contributed by atoms with Crippen LogP contribution in [0.25, 0.3) is 10.9 Å². The van der Waals surface area contributed by atoms with E-state index in [-0.39, 0.29) is 6.04 Å². The molecule has 0 saturated carbocycles. The quantitative estimate of drug-likeness (QED) is 0.585. The zero-order valence-electron chi connectivity index (χ0n) is 15.3. The van der Waals surface area contributed by atoms with Crippen molar-refractivity contribution in [2.45, 2.75) is 25.9 Å². The lowest BCUT2D eigenvalue weighted by molar-refractivity contribution is 0.141. The highest BCUT2D eigenvalue weighted by Gasteiger charge is 2.15. The van der Waals surface area contributed by atoms with Gasteiger partial charge in [-0.2, -0.15) is 0 Å². The number of rotatable bonds is 7. The Labute approximate surface area is 158 Å². The van der Waals surface area contributed by atoms with Gasteiger partial charge in [-0.15, -0.1) is 0 Å². The number of hydrogen-bond donors (Lipinski definition) is 3. The van der Waals surface area contributed by atoms with Gasteiger partial charge < -0.3 is 21.1 Å². The van der Waals surface area contributed by atoms with Crippen molar-refractivity contribution in [2.24, 2.45) is 0 Å². The number of nitrogens with one attached hydrogen (secondary N) is 1. The second-order valence-corrected chi connectivity index (χ2v) is 6.63. The number of nitrogen functional groups attached to an aromatic ring is 1. The number of carbonyl (C=O) groups is 1. The van der Waals surface area contributed by atoms with Gasteiger partial charge in [0.25, 0.3) is 0 Å². The number of amides is 1. The fourth-order valence-electron chi connectivity index (χ4n) is 3.03. The van der Waals surface area contributed by atoms with E-state index < -0.39 is 6.09 Å². The van der Waals surface area contributed by atoms with Crippen molar-refractivity contribution in [3.05, 3.63) is 66.4 Å². The summed E-state index contributed by atoms with van der Waals surface area (Å²) in [5.41, 5.74) is 9.39. The van der Waals surface area contributed by atoms with Crippen molar-refractivity contribution in [3.8, 4) is 0 Å². The van der Waals surface area contributed by atoms with E-state index >= 15 is 0 Å². The third-order valence-electron chi connectivity index (χ3n) is 4.51. The molecule has 1 amide bonds. The fourth-order valence-corrected chi connectivity index (χ4v) is 3.03. The Morgan fingerprint density at radius 3 is 2.63 bits per heavy atom. The van der Waals surface area contributed by atoms with Gasteiger partial charge in [-0.25, -0.2) is 4.79 Å². The average Bonchev–Trinajstić information content (AvgIpc) is 2.68. The highest BCUT2D eigenvalue weighted by molar-refractivity contribution is 5.96.